The lowest BCUT2D eigenvalue weighted by Crippen LogP contribution is -2.21. The third-order valence-corrected chi connectivity index (χ3v) is 5.08. The summed E-state index contributed by atoms with van der Waals surface area (Å²) in [5.41, 5.74) is 2.22. The van der Waals surface area contributed by atoms with Crippen molar-refractivity contribution in [3.63, 3.8) is 0 Å². The number of hydrogen-bond donors (Lipinski definition) is 1. The first-order chi connectivity index (χ1) is 9.70. The lowest BCUT2D eigenvalue weighted by atomic mass is 10.1. The Labute approximate surface area is 130 Å². The smallest absolute Gasteiger partial charge is 0.148 e. The van der Waals surface area contributed by atoms with Crippen LogP contribution in [0.3, 0.4) is 0 Å². The molecule has 3 rings (SSSR count). The number of fused-ring (bicyclic) bond motifs is 1. The van der Waals surface area contributed by atoms with Gasteiger partial charge in [0, 0.05) is 10.3 Å². The van der Waals surface area contributed by atoms with Gasteiger partial charge in [-0.15, -0.1) is 11.3 Å². The molecule has 0 aliphatic rings. The summed E-state index contributed by atoms with van der Waals surface area (Å²) in [7, 11) is 0. The minimum Gasteiger partial charge on any atom is -0.458 e. The lowest BCUT2D eigenvalue weighted by molar-refractivity contribution is 0.479. The van der Waals surface area contributed by atoms with Crippen LogP contribution >= 0.6 is 27.3 Å². The predicted molar refractivity (Wildman–Crippen MR) is 88.5 cm³/mol. The number of aryl methyl sites for hydroxylation is 1. The molecule has 0 fully saturated rings. The van der Waals surface area contributed by atoms with Crippen LogP contribution in [0, 0.1) is 6.92 Å². The zero-order valence-corrected chi connectivity index (χ0v) is 13.8. The van der Waals surface area contributed by atoms with Crippen LogP contribution in [0.5, 0.6) is 0 Å². The molecule has 4 heteroatoms. The van der Waals surface area contributed by atoms with Crippen LogP contribution in [0.25, 0.3) is 11.0 Å². The van der Waals surface area contributed by atoms with Crippen molar-refractivity contribution in [2.75, 3.05) is 6.54 Å². The lowest BCUT2D eigenvalue weighted by Gasteiger charge is -2.15. The van der Waals surface area contributed by atoms with Crippen LogP contribution in [-0.2, 0) is 0 Å². The van der Waals surface area contributed by atoms with Crippen LogP contribution in [0.1, 0.15) is 29.2 Å². The number of benzene rings is 1. The molecule has 2 aromatic heterocycles. The van der Waals surface area contributed by atoms with Crippen LogP contribution < -0.4 is 5.32 Å². The van der Waals surface area contributed by atoms with Crippen molar-refractivity contribution in [3.8, 4) is 0 Å². The molecular weight excluding hydrogens is 334 g/mol. The Hall–Kier alpha value is -1.10. The van der Waals surface area contributed by atoms with Gasteiger partial charge in [0.1, 0.15) is 17.4 Å². The average molecular weight is 350 g/mol. The Morgan fingerprint density at radius 2 is 2.20 bits per heavy atom. The summed E-state index contributed by atoms with van der Waals surface area (Å²) < 4.78 is 7.09. The Bertz CT molecular complexity index is 731. The van der Waals surface area contributed by atoms with E-state index in [1.807, 2.05) is 12.1 Å². The first kappa shape index (κ1) is 13.9. The van der Waals surface area contributed by atoms with E-state index in [0.717, 1.165) is 27.7 Å². The molecular formula is C16H16BrNOS. The largest absolute Gasteiger partial charge is 0.458 e. The van der Waals surface area contributed by atoms with Crippen molar-refractivity contribution in [3.05, 3.63) is 56.4 Å². The van der Waals surface area contributed by atoms with Crippen molar-refractivity contribution in [1.29, 1.82) is 0 Å². The van der Waals surface area contributed by atoms with Crippen LogP contribution in [0.4, 0.5) is 0 Å². The van der Waals surface area contributed by atoms with Gasteiger partial charge in [-0.3, -0.25) is 0 Å². The molecule has 2 heterocycles. The highest BCUT2D eigenvalue weighted by molar-refractivity contribution is 9.10. The molecule has 0 saturated carbocycles. The van der Waals surface area contributed by atoms with Gasteiger partial charge in [0.15, 0.2) is 0 Å². The summed E-state index contributed by atoms with van der Waals surface area (Å²) in [5.74, 6) is 0.972. The fraction of sp³-hybridized carbons (Fsp3) is 0.250. The van der Waals surface area contributed by atoms with Crippen molar-refractivity contribution < 1.29 is 4.42 Å². The van der Waals surface area contributed by atoms with Crippen molar-refractivity contribution in [2.45, 2.75) is 19.9 Å². The van der Waals surface area contributed by atoms with E-state index in [0.29, 0.717) is 0 Å². The second-order valence-corrected chi connectivity index (χ2v) is 6.57. The highest BCUT2D eigenvalue weighted by atomic mass is 79.9. The summed E-state index contributed by atoms with van der Waals surface area (Å²) in [6, 6.07) is 10.5. The fourth-order valence-corrected chi connectivity index (χ4v) is 3.87. The predicted octanol–water partition coefficient (Wildman–Crippen LogP) is 5.26. The van der Waals surface area contributed by atoms with Gasteiger partial charge in [0.05, 0.1) is 4.47 Å². The quantitative estimate of drug-likeness (QED) is 0.694. The van der Waals surface area contributed by atoms with E-state index in [1.165, 1.54) is 10.4 Å². The molecule has 3 aromatic rings. The molecule has 0 radical (unpaired) electrons. The monoisotopic (exact) mass is 349 g/mol. The van der Waals surface area contributed by atoms with Gasteiger partial charge in [0.25, 0.3) is 0 Å². The minimum atomic E-state index is 0.124. The summed E-state index contributed by atoms with van der Waals surface area (Å²) in [6.45, 7) is 5.17. The standard InChI is InChI=1S/C16H16BrNOS/c1-3-18-14(16-10(2)7-8-20-16)13-9-11-5-4-6-12(17)15(11)19-13/h4-9,14,18H,3H2,1-2H3. The number of nitrogens with one attached hydrogen (secondary N) is 1. The maximum Gasteiger partial charge on any atom is 0.148 e. The molecule has 104 valence electrons. The first-order valence-electron chi connectivity index (χ1n) is 6.66. The molecule has 20 heavy (non-hydrogen) atoms. The van der Waals surface area contributed by atoms with Crippen molar-refractivity contribution >= 4 is 38.2 Å². The topological polar surface area (TPSA) is 25.2 Å². The van der Waals surface area contributed by atoms with Gasteiger partial charge in [-0.2, -0.15) is 0 Å². The van der Waals surface area contributed by atoms with E-state index in [2.05, 4.69) is 58.7 Å². The second-order valence-electron chi connectivity index (χ2n) is 4.77. The van der Waals surface area contributed by atoms with Crippen LogP contribution in [0.2, 0.25) is 0 Å². The number of furan rings is 1. The van der Waals surface area contributed by atoms with Gasteiger partial charge in [-0.1, -0.05) is 19.1 Å². The van der Waals surface area contributed by atoms with E-state index in [9.17, 15) is 0 Å². The van der Waals surface area contributed by atoms with E-state index < -0.39 is 0 Å². The number of rotatable bonds is 4. The number of para-hydroxylation sites is 1. The number of hydrogen-bond acceptors (Lipinski definition) is 3. The zero-order valence-electron chi connectivity index (χ0n) is 11.4. The van der Waals surface area contributed by atoms with E-state index in [4.69, 9.17) is 4.42 Å². The summed E-state index contributed by atoms with van der Waals surface area (Å²) in [4.78, 5) is 1.32. The SMILES string of the molecule is CCNC(c1cc2cccc(Br)c2o1)c1sccc1C. The van der Waals surface area contributed by atoms with E-state index >= 15 is 0 Å². The van der Waals surface area contributed by atoms with Crippen molar-refractivity contribution in [2.24, 2.45) is 0 Å². The Morgan fingerprint density at radius 1 is 1.35 bits per heavy atom. The van der Waals surface area contributed by atoms with Gasteiger partial charge < -0.3 is 9.73 Å². The maximum atomic E-state index is 6.09. The van der Waals surface area contributed by atoms with Gasteiger partial charge in [-0.25, -0.2) is 0 Å². The molecule has 1 N–H and O–H groups in total. The minimum absolute atomic E-state index is 0.124. The molecule has 0 aliphatic carbocycles. The van der Waals surface area contributed by atoms with E-state index in [1.54, 1.807) is 11.3 Å². The van der Waals surface area contributed by atoms with Gasteiger partial charge in [-0.05, 0) is 58.5 Å². The highest BCUT2D eigenvalue weighted by Crippen LogP contribution is 2.34. The molecule has 0 spiro atoms. The third kappa shape index (κ3) is 2.43. The van der Waals surface area contributed by atoms with Gasteiger partial charge >= 0.3 is 0 Å². The molecule has 1 unspecified atom stereocenters. The molecule has 0 amide bonds. The third-order valence-electron chi connectivity index (χ3n) is 3.37. The molecule has 1 aromatic carbocycles. The Morgan fingerprint density at radius 3 is 2.85 bits per heavy atom. The highest BCUT2D eigenvalue weighted by Gasteiger charge is 2.21. The van der Waals surface area contributed by atoms with Crippen LogP contribution in [-0.4, -0.2) is 6.54 Å². The number of halogens is 1. The fourth-order valence-electron chi connectivity index (χ4n) is 2.40. The Kier molecular flexibility index (Phi) is 3.96. The average Bonchev–Trinajstić information content (AvgIpc) is 3.03. The number of thiophene rings is 1. The normalized spacial score (nSPS) is 12.9. The summed E-state index contributed by atoms with van der Waals surface area (Å²) in [6.07, 6.45) is 0. The molecule has 0 bridgehead atoms. The first-order valence-corrected chi connectivity index (χ1v) is 8.33. The summed E-state index contributed by atoms with van der Waals surface area (Å²) in [5, 5.41) is 6.79. The molecule has 2 nitrogen and oxygen atoms in total. The van der Waals surface area contributed by atoms with Crippen LogP contribution in [0.15, 0.2) is 44.6 Å². The van der Waals surface area contributed by atoms with E-state index in [-0.39, 0.29) is 6.04 Å². The summed E-state index contributed by atoms with van der Waals surface area (Å²) >= 11 is 5.32. The molecule has 0 aliphatic heterocycles. The van der Waals surface area contributed by atoms with Gasteiger partial charge in [0.2, 0.25) is 0 Å². The molecule has 0 saturated heterocycles. The maximum absolute atomic E-state index is 6.09. The van der Waals surface area contributed by atoms with Crippen molar-refractivity contribution in [1.82, 2.24) is 5.32 Å². The molecule has 1 atom stereocenters. The second kappa shape index (κ2) is 5.72. The zero-order chi connectivity index (χ0) is 14.1. The Balaban J connectivity index is 2.10.